The summed E-state index contributed by atoms with van der Waals surface area (Å²) >= 11 is 6.99. The number of nitrogens with zero attached hydrogens (tertiary/aromatic N) is 2. The molecule has 24 heavy (non-hydrogen) atoms. The highest BCUT2D eigenvalue weighted by atomic mass is 35.5. The van der Waals surface area contributed by atoms with Gasteiger partial charge in [-0.25, -0.2) is 4.79 Å². The summed E-state index contributed by atoms with van der Waals surface area (Å²) < 4.78 is 4.19. The first-order valence-electron chi connectivity index (χ1n) is 7.16. The van der Waals surface area contributed by atoms with Crippen LogP contribution in [0.3, 0.4) is 0 Å². The van der Waals surface area contributed by atoms with E-state index in [1.165, 1.54) is 0 Å². The van der Waals surface area contributed by atoms with Crippen molar-refractivity contribution >= 4 is 40.3 Å². The lowest BCUT2D eigenvalue weighted by Gasteiger charge is -2.25. The molecule has 0 aliphatic rings. The third-order valence-electron chi connectivity index (χ3n) is 3.15. The fourth-order valence-corrected chi connectivity index (χ4v) is 2.71. The van der Waals surface area contributed by atoms with Gasteiger partial charge in [0.05, 0.1) is 0 Å². The van der Waals surface area contributed by atoms with Gasteiger partial charge in [0.15, 0.2) is 5.82 Å². The van der Waals surface area contributed by atoms with Gasteiger partial charge in [-0.1, -0.05) is 23.7 Å². The molecule has 1 heterocycles. The number of halogens is 1. The molecule has 0 radical (unpaired) electrons. The van der Waals surface area contributed by atoms with Crippen LogP contribution in [0.1, 0.15) is 26.7 Å². The van der Waals surface area contributed by atoms with Gasteiger partial charge in [0.1, 0.15) is 0 Å². The van der Waals surface area contributed by atoms with E-state index >= 15 is 0 Å². The van der Waals surface area contributed by atoms with Crippen LogP contribution in [0.5, 0.6) is 0 Å². The van der Waals surface area contributed by atoms with E-state index in [4.69, 9.17) is 16.7 Å². The van der Waals surface area contributed by atoms with Crippen LogP contribution in [0.25, 0.3) is 11.4 Å². The lowest BCUT2D eigenvalue weighted by molar-refractivity contribution is -0.137. The van der Waals surface area contributed by atoms with Gasteiger partial charge in [0.2, 0.25) is 5.13 Å². The van der Waals surface area contributed by atoms with E-state index in [0.29, 0.717) is 22.4 Å². The number of benzene rings is 1. The van der Waals surface area contributed by atoms with E-state index in [9.17, 15) is 9.59 Å². The predicted octanol–water partition coefficient (Wildman–Crippen LogP) is 3.62. The van der Waals surface area contributed by atoms with Crippen molar-refractivity contribution in [3.8, 4) is 11.4 Å². The molecular formula is C15H17ClN4O3S. The van der Waals surface area contributed by atoms with Gasteiger partial charge in [-0.2, -0.15) is 9.36 Å². The Hall–Kier alpha value is -2.19. The Bertz CT molecular complexity index is 748. The number of rotatable bonds is 6. The summed E-state index contributed by atoms with van der Waals surface area (Å²) in [6.45, 7) is 3.51. The summed E-state index contributed by atoms with van der Waals surface area (Å²) in [5.41, 5.74) is 0.108. The molecule has 7 nitrogen and oxygen atoms in total. The predicted molar refractivity (Wildman–Crippen MR) is 93.5 cm³/mol. The highest BCUT2D eigenvalue weighted by Crippen LogP contribution is 2.23. The molecule has 2 aromatic rings. The molecule has 2 rings (SSSR count). The van der Waals surface area contributed by atoms with E-state index < -0.39 is 17.5 Å². The van der Waals surface area contributed by atoms with Gasteiger partial charge < -0.3 is 10.4 Å². The second-order valence-electron chi connectivity index (χ2n) is 5.79. The number of carbonyl (C=O) groups is 2. The van der Waals surface area contributed by atoms with Crippen LogP contribution in [0, 0.1) is 0 Å². The molecule has 2 amide bonds. The first-order valence-corrected chi connectivity index (χ1v) is 8.31. The van der Waals surface area contributed by atoms with E-state index in [1.807, 2.05) is 6.07 Å². The minimum absolute atomic E-state index is 0.0228. The van der Waals surface area contributed by atoms with Crippen LogP contribution in [-0.4, -0.2) is 32.0 Å². The molecule has 0 fully saturated rings. The van der Waals surface area contributed by atoms with Crippen molar-refractivity contribution in [1.29, 1.82) is 0 Å². The molecule has 1 aromatic heterocycles. The van der Waals surface area contributed by atoms with Crippen molar-refractivity contribution in [2.75, 3.05) is 5.32 Å². The monoisotopic (exact) mass is 368 g/mol. The Kier molecular flexibility index (Phi) is 5.74. The zero-order valence-electron chi connectivity index (χ0n) is 13.2. The first-order chi connectivity index (χ1) is 11.2. The number of anilines is 1. The SMILES string of the molecule is CC(C)(CCC(=O)O)NC(=O)Nc1nc(-c2cccc(Cl)c2)ns1. The number of amides is 2. The van der Waals surface area contributed by atoms with Gasteiger partial charge >= 0.3 is 12.0 Å². The Labute approximate surface area is 148 Å². The summed E-state index contributed by atoms with van der Waals surface area (Å²) in [5, 5.41) is 15.0. The molecule has 1 aromatic carbocycles. The van der Waals surface area contributed by atoms with Crippen LogP contribution in [0.15, 0.2) is 24.3 Å². The van der Waals surface area contributed by atoms with Gasteiger partial charge in [0.25, 0.3) is 0 Å². The Morgan fingerprint density at radius 1 is 1.38 bits per heavy atom. The Morgan fingerprint density at radius 3 is 2.79 bits per heavy atom. The highest BCUT2D eigenvalue weighted by molar-refractivity contribution is 7.10. The molecule has 0 aliphatic heterocycles. The van der Waals surface area contributed by atoms with Gasteiger partial charge in [-0.05, 0) is 32.4 Å². The number of carboxylic acids is 1. The molecule has 0 unspecified atom stereocenters. The van der Waals surface area contributed by atoms with Crippen LogP contribution in [0.2, 0.25) is 5.02 Å². The average molecular weight is 369 g/mol. The zero-order valence-corrected chi connectivity index (χ0v) is 14.7. The third-order valence-corrected chi connectivity index (χ3v) is 4.01. The second kappa shape index (κ2) is 7.59. The maximum absolute atomic E-state index is 12.0. The standard InChI is InChI=1S/C15H17ClN4O3S/c1-15(2,7-6-11(21)22)19-13(23)18-14-17-12(20-24-14)9-4-3-5-10(16)8-9/h3-5,8H,6-7H2,1-2H3,(H,21,22)(H2,17,18,19,20,23). The summed E-state index contributed by atoms with van der Waals surface area (Å²) in [5.74, 6) is -0.427. The van der Waals surface area contributed by atoms with Gasteiger partial charge in [0, 0.05) is 34.1 Å². The summed E-state index contributed by atoms with van der Waals surface area (Å²) in [6, 6.07) is 6.65. The molecule has 3 N–H and O–H groups in total. The fraction of sp³-hybridized carbons (Fsp3) is 0.333. The summed E-state index contributed by atoms with van der Waals surface area (Å²) in [6.07, 6.45) is 0.296. The zero-order chi connectivity index (χ0) is 17.7. The molecule has 0 atom stereocenters. The van der Waals surface area contributed by atoms with E-state index in [-0.39, 0.29) is 6.42 Å². The Balaban J connectivity index is 1.96. The number of hydrogen-bond donors (Lipinski definition) is 3. The molecule has 0 saturated heterocycles. The smallest absolute Gasteiger partial charge is 0.321 e. The summed E-state index contributed by atoms with van der Waals surface area (Å²) in [4.78, 5) is 26.9. The van der Waals surface area contributed by atoms with Crippen molar-refractivity contribution in [2.24, 2.45) is 0 Å². The quantitative estimate of drug-likeness (QED) is 0.722. The molecule has 128 valence electrons. The normalized spacial score (nSPS) is 11.1. The Morgan fingerprint density at radius 2 is 2.12 bits per heavy atom. The van der Waals surface area contributed by atoms with Crippen molar-refractivity contribution < 1.29 is 14.7 Å². The van der Waals surface area contributed by atoms with Crippen LogP contribution < -0.4 is 10.6 Å². The number of hydrogen-bond acceptors (Lipinski definition) is 5. The topological polar surface area (TPSA) is 104 Å². The summed E-state index contributed by atoms with van der Waals surface area (Å²) in [7, 11) is 0. The van der Waals surface area contributed by atoms with Crippen LogP contribution in [0.4, 0.5) is 9.93 Å². The lowest BCUT2D eigenvalue weighted by Crippen LogP contribution is -2.45. The number of urea groups is 1. The van der Waals surface area contributed by atoms with Crippen molar-refractivity contribution in [3.63, 3.8) is 0 Å². The number of aromatic nitrogens is 2. The molecule has 0 saturated carbocycles. The fourth-order valence-electron chi connectivity index (χ4n) is 1.94. The highest BCUT2D eigenvalue weighted by Gasteiger charge is 2.22. The number of nitrogens with one attached hydrogen (secondary N) is 2. The molecule has 0 spiro atoms. The first kappa shape index (κ1) is 18.2. The van der Waals surface area contributed by atoms with Crippen LogP contribution >= 0.6 is 23.1 Å². The molecule has 0 aliphatic carbocycles. The van der Waals surface area contributed by atoms with Crippen molar-refractivity contribution in [2.45, 2.75) is 32.2 Å². The van der Waals surface area contributed by atoms with Crippen molar-refractivity contribution in [1.82, 2.24) is 14.7 Å². The molecule has 0 bridgehead atoms. The van der Waals surface area contributed by atoms with Gasteiger partial charge in [-0.15, -0.1) is 0 Å². The van der Waals surface area contributed by atoms with Crippen LogP contribution in [-0.2, 0) is 4.79 Å². The van der Waals surface area contributed by atoms with E-state index in [2.05, 4.69) is 20.0 Å². The minimum atomic E-state index is -0.902. The van der Waals surface area contributed by atoms with E-state index in [0.717, 1.165) is 17.1 Å². The lowest BCUT2D eigenvalue weighted by atomic mass is 9.99. The number of carbonyl (C=O) groups excluding carboxylic acids is 1. The van der Waals surface area contributed by atoms with Gasteiger partial charge in [-0.3, -0.25) is 10.1 Å². The maximum Gasteiger partial charge on any atom is 0.321 e. The number of aliphatic carboxylic acids is 1. The minimum Gasteiger partial charge on any atom is -0.481 e. The second-order valence-corrected chi connectivity index (χ2v) is 6.98. The largest absolute Gasteiger partial charge is 0.481 e. The maximum atomic E-state index is 12.0. The van der Waals surface area contributed by atoms with E-state index in [1.54, 1.807) is 32.0 Å². The molecular weight excluding hydrogens is 352 g/mol. The number of carboxylic acid groups (broad SMARTS) is 1. The third kappa shape index (κ3) is 5.47. The average Bonchev–Trinajstić information content (AvgIpc) is 2.93. The van der Waals surface area contributed by atoms with Crippen molar-refractivity contribution in [3.05, 3.63) is 29.3 Å². The molecule has 9 heteroatoms.